The lowest BCUT2D eigenvalue weighted by atomic mass is 9.87. The van der Waals surface area contributed by atoms with Gasteiger partial charge in [-0.3, -0.25) is 9.78 Å². The molecule has 1 aliphatic carbocycles. The van der Waals surface area contributed by atoms with Crippen LogP contribution in [0.2, 0.25) is 0 Å². The molecule has 12 nitrogen and oxygen atoms in total. The van der Waals surface area contributed by atoms with Crippen LogP contribution in [0.4, 0.5) is 29.0 Å². The average Bonchev–Trinajstić information content (AvgIpc) is 3.33. The fraction of sp³-hybridized carbons (Fsp3) is 0.467. The van der Waals surface area contributed by atoms with Crippen molar-refractivity contribution in [1.29, 1.82) is 0 Å². The number of pyridine rings is 2. The molecule has 12 heteroatoms. The third kappa shape index (κ3) is 6.43. The van der Waals surface area contributed by atoms with E-state index < -0.39 is 0 Å². The minimum Gasteiger partial charge on any atom is -0.354 e. The van der Waals surface area contributed by atoms with Crippen molar-refractivity contribution in [3.63, 3.8) is 0 Å². The number of rotatable bonds is 9. The first-order valence-electron chi connectivity index (χ1n) is 14.9. The largest absolute Gasteiger partial charge is 0.354 e. The third-order valence-electron chi connectivity index (χ3n) is 8.19. The predicted molar refractivity (Wildman–Crippen MR) is 165 cm³/mol. The van der Waals surface area contributed by atoms with Crippen LogP contribution < -0.4 is 26.2 Å². The Balaban J connectivity index is 1.12. The molecule has 0 radical (unpaired) electrons. The van der Waals surface area contributed by atoms with Crippen molar-refractivity contribution in [1.82, 2.24) is 40.3 Å². The van der Waals surface area contributed by atoms with Crippen LogP contribution in [0.1, 0.15) is 54.6 Å². The molecular weight excluding hydrogens is 530 g/mol. The van der Waals surface area contributed by atoms with Gasteiger partial charge in [0.25, 0.3) is 5.91 Å². The summed E-state index contributed by atoms with van der Waals surface area (Å²) in [6.07, 6.45) is 12.7. The van der Waals surface area contributed by atoms with E-state index in [1.807, 2.05) is 32.2 Å². The van der Waals surface area contributed by atoms with Crippen LogP contribution in [-0.4, -0.2) is 68.3 Å². The highest BCUT2D eigenvalue weighted by Gasteiger charge is 2.17. The van der Waals surface area contributed by atoms with E-state index in [-0.39, 0.29) is 5.91 Å². The molecule has 0 bridgehead atoms. The first-order valence-corrected chi connectivity index (χ1v) is 14.9. The van der Waals surface area contributed by atoms with Crippen molar-refractivity contribution in [2.75, 3.05) is 48.3 Å². The van der Waals surface area contributed by atoms with Gasteiger partial charge in [-0.2, -0.15) is 10.1 Å². The lowest BCUT2D eigenvalue weighted by molar-refractivity contribution is 0.0950. The lowest BCUT2D eigenvalue weighted by Crippen LogP contribution is -2.43. The molecule has 220 valence electrons. The second kappa shape index (κ2) is 12.7. The molecule has 2 aliphatic rings. The number of aromatic nitrogens is 6. The van der Waals surface area contributed by atoms with Gasteiger partial charge in [-0.1, -0.05) is 32.1 Å². The Morgan fingerprint density at radius 1 is 1.02 bits per heavy atom. The summed E-state index contributed by atoms with van der Waals surface area (Å²) in [5.41, 5.74) is 3.48. The first-order chi connectivity index (χ1) is 20.5. The summed E-state index contributed by atoms with van der Waals surface area (Å²) in [4.78, 5) is 33.4. The van der Waals surface area contributed by atoms with Gasteiger partial charge in [-0.15, -0.1) is 0 Å². The number of anilines is 5. The van der Waals surface area contributed by atoms with E-state index in [0.717, 1.165) is 61.1 Å². The zero-order chi connectivity index (χ0) is 28.9. The second-order valence-electron chi connectivity index (χ2n) is 11.2. The van der Waals surface area contributed by atoms with E-state index >= 15 is 0 Å². The first kappa shape index (κ1) is 27.8. The quantitative estimate of drug-likeness (QED) is 0.233. The average molecular weight is 570 g/mol. The Morgan fingerprint density at radius 2 is 1.86 bits per heavy atom. The molecule has 2 fully saturated rings. The summed E-state index contributed by atoms with van der Waals surface area (Å²) >= 11 is 0. The number of piperazine rings is 1. The van der Waals surface area contributed by atoms with Crippen LogP contribution >= 0.6 is 0 Å². The molecule has 1 saturated carbocycles. The molecule has 0 atom stereocenters. The summed E-state index contributed by atoms with van der Waals surface area (Å²) in [6.45, 7) is 6.42. The highest BCUT2D eigenvalue weighted by Crippen LogP contribution is 2.28. The van der Waals surface area contributed by atoms with Crippen molar-refractivity contribution in [3.8, 4) is 0 Å². The Morgan fingerprint density at radius 3 is 2.64 bits per heavy atom. The van der Waals surface area contributed by atoms with Crippen LogP contribution in [0.5, 0.6) is 0 Å². The van der Waals surface area contributed by atoms with E-state index in [2.05, 4.69) is 46.2 Å². The maximum Gasteiger partial charge on any atom is 0.252 e. The fourth-order valence-electron chi connectivity index (χ4n) is 5.74. The van der Waals surface area contributed by atoms with Gasteiger partial charge < -0.3 is 26.2 Å². The zero-order valence-electron chi connectivity index (χ0n) is 24.4. The smallest absolute Gasteiger partial charge is 0.252 e. The second-order valence-corrected chi connectivity index (χ2v) is 11.2. The normalized spacial score (nSPS) is 16.0. The molecule has 5 heterocycles. The molecule has 1 aliphatic heterocycles. The van der Waals surface area contributed by atoms with E-state index in [4.69, 9.17) is 4.98 Å². The van der Waals surface area contributed by atoms with E-state index in [9.17, 15) is 4.79 Å². The minimum atomic E-state index is -0.109. The number of amides is 1. The van der Waals surface area contributed by atoms with Gasteiger partial charge in [0.1, 0.15) is 5.82 Å². The van der Waals surface area contributed by atoms with Crippen molar-refractivity contribution in [2.45, 2.75) is 45.4 Å². The SMILES string of the molecule is Cc1ncc(C(=O)NCCC2CCCCC2)cc1Nc1nn(C)c2nc(Nc3ccc(N4CCNCC4)nc3)ncc12. The number of nitrogens with one attached hydrogen (secondary N) is 4. The summed E-state index contributed by atoms with van der Waals surface area (Å²) < 4.78 is 1.71. The van der Waals surface area contributed by atoms with Gasteiger partial charge in [0.05, 0.1) is 34.2 Å². The van der Waals surface area contributed by atoms with Gasteiger partial charge in [-0.05, 0) is 37.5 Å². The van der Waals surface area contributed by atoms with Crippen LogP contribution in [0, 0.1) is 12.8 Å². The summed E-state index contributed by atoms with van der Waals surface area (Å²) in [6, 6.07) is 5.83. The number of fused-ring (bicyclic) bond motifs is 1. The molecule has 1 amide bonds. The lowest BCUT2D eigenvalue weighted by Gasteiger charge is -2.28. The van der Waals surface area contributed by atoms with E-state index in [0.29, 0.717) is 35.2 Å². The molecule has 4 N–H and O–H groups in total. The molecule has 4 aromatic rings. The monoisotopic (exact) mass is 569 g/mol. The number of hydrogen-bond donors (Lipinski definition) is 4. The van der Waals surface area contributed by atoms with Crippen LogP contribution in [-0.2, 0) is 7.05 Å². The van der Waals surface area contributed by atoms with Crippen LogP contribution in [0.15, 0.2) is 36.8 Å². The minimum absolute atomic E-state index is 0.109. The summed E-state index contributed by atoms with van der Waals surface area (Å²) in [5, 5.41) is 18.4. The number of carbonyl (C=O) groups excluding carboxylic acids is 1. The van der Waals surface area contributed by atoms with E-state index in [1.165, 1.54) is 32.1 Å². The standard InChI is InChI=1S/C30H39N11O/c1-20-25(16-22(17-33-20)29(42)32-11-10-21-6-4-3-5-7-21)37-27-24-19-35-30(38-28(24)40(2)39-27)36-23-8-9-26(34-18-23)41-14-12-31-13-15-41/h8-9,16-19,21,31H,3-7,10-15H2,1-2H3,(H,32,42)(H,37,39)(H,35,36,38). The zero-order valence-corrected chi connectivity index (χ0v) is 24.4. The molecule has 4 aromatic heterocycles. The topological polar surface area (TPSA) is 138 Å². The summed E-state index contributed by atoms with van der Waals surface area (Å²) in [7, 11) is 1.84. The maximum atomic E-state index is 12.9. The molecule has 42 heavy (non-hydrogen) atoms. The molecule has 6 rings (SSSR count). The van der Waals surface area contributed by atoms with Crippen molar-refractivity contribution < 1.29 is 4.79 Å². The molecule has 0 unspecified atom stereocenters. The Labute approximate surface area is 245 Å². The van der Waals surface area contributed by atoms with Gasteiger partial charge in [0, 0.05) is 52.2 Å². The highest BCUT2D eigenvalue weighted by atomic mass is 16.1. The molecule has 1 saturated heterocycles. The van der Waals surface area contributed by atoms with Crippen molar-refractivity contribution in [2.24, 2.45) is 13.0 Å². The van der Waals surface area contributed by atoms with Crippen LogP contribution in [0.3, 0.4) is 0 Å². The van der Waals surface area contributed by atoms with Crippen molar-refractivity contribution >= 4 is 45.9 Å². The highest BCUT2D eigenvalue weighted by molar-refractivity contribution is 5.96. The Kier molecular flexibility index (Phi) is 8.40. The molecule has 0 aromatic carbocycles. The molecular formula is C30H39N11O. The number of nitrogens with zero attached hydrogens (tertiary/aromatic N) is 7. The Bertz CT molecular complexity index is 1520. The van der Waals surface area contributed by atoms with Gasteiger partial charge in [0.2, 0.25) is 5.95 Å². The number of carbonyl (C=O) groups is 1. The Hall–Kier alpha value is -4.32. The third-order valence-corrected chi connectivity index (χ3v) is 8.19. The number of hydrogen-bond acceptors (Lipinski definition) is 10. The fourth-order valence-corrected chi connectivity index (χ4v) is 5.74. The maximum absolute atomic E-state index is 12.9. The number of aryl methyl sites for hydroxylation is 2. The predicted octanol–water partition coefficient (Wildman–Crippen LogP) is 4.06. The summed E-state index contributed by atoms with van der Waals surface area (Å²) in [5.74, 6) is 2.63. The van der Waals surface area contributed by atoms with Gasteiger partial charge in [0.15, 0.2) is 11.5 Å². The van der Waals surface area contributed by atoms with Gasteiger partial charge in [-0.25, -0.2) is 14.6 Å². The van der Waals surface area contributed by atoms with Crippen molar-refractivity contribution in [3.05, 3.63) is 48.0 Å². The van der Waals surface area contributed by atoms with E-state index in [1.54, 1.807) is 23.3 Å². The van der Waals surface area contributed by atoms with Crippen LogP contribution in [0.25, 0.3) is 11.0 Å². The molecule has 0 spiro atoms. The van der Waals surface area contributed by atoms with Gasteiger partial charge >= 0.3 is 0 Å².